The molecular weight excluding hydrogens is 272 g/mol. The van der Waals surface area contributed by atoms with Gasteiger partial charge in [-0.05, 0) is 48.6 Å². The molecule has 0 unspecified atom stereocenters. The van der Waals surface area contributed by atoms with Gasteiger partial charge in [0.15, 0.2) is 4.77 Å². The second-order valence-electron chi connectivity index (χ2n) is 4.32. The van der Waals surface area contributed by atoms with Crippen molar-refractivity contribution in [1.29, 1.82) is 0 Å². The van der Waals surface area contributed by atoms with E-state index in [4.69, 9.17) is 17.0 Å². The van der Waals surface area contributed by atoms with Gasteiger partial charge in [-0.1, -0.05) is 12.1 Å². The van der Waals surface area contributed by atoms with Crippen LogP contribution in [-0.2, 0) is 0 Å². The fourth-order valence-corrected chi connectivity index (χ4v) is 2.41. The molecule has 4 nitrogen and oxygen atoms in total. The second-order valence-corrected chi connectivity index (χ2v) is 4.70. The molecule has 3 aromatic rings. The number of para-hydroxylation sites is 2. The molecule has 0 saturated heterocycles. The van der Waals surface area contributed by atoms with Crippen molar-refractivity contribution in [2.75, 3.05) is 7.11 Å². The van der Waals surface area contributed by atoms with Crippen LogP contribution in [0.5, 0.6) is 5.75 Å². The van der Waals surface area contributed by atoms with E-state index in [1.807, 2.05) is 24.3 Å². The second kappa shape index (κ2) is 4.94. The lowest BCUT2D eigenvalue weighted by Gasteiger charge is -2.04. The van der Waals surface area contributed by atoms with Crippen LogP contribution in [0.15, 0.2) is 48.5 Å². The molecule has 0 bridgehead atoms. The van der Waals surface area contributed by atoms with Crippen molar-refractivity contribution in [2.24, 2.45) is 0 Å². The molecule has 2 aromatic carbocycles. The van der Waals surface area contributed by atoms with Gasteiger partial charge < -0.3 is 9.72 Å². The number of fused-ring (bicyclic) bond motifs is 1. The number of nitrogens with zero attached hydrogens (tertiary/aromatic N) is 1. The maximum absolute atomic E-state index is 12.6. The number of nitrogens with one attached hydrogen (secondary N) is 1. The van der Waals surface area contributed by atoms with Crippen molar-refractivity contribution < 1.29 is 9.53 Å². The first-order valence-electron chi connectivity index (χ1n) is 6.09. The number of carbonyl (C=O) groups is 1. The van der Waals surface area contributed by atoms with Crippen LogP contribution in [0.2, 0.25) is 0 Å². The van der Waals surface area contributed by atoms with Gasteiger partial charge >= 0.3 is 0 Å². The van der Waals surface area contributed by atoms with E-state index in [0.717, 1.165) is 11.0 Å². The third kappa shape index (κ3) is 2.02. The number of methoxy groups -OCH3 is 1. The first-order chi connectivity index (χ1) is 9.70. The Hall–Kier alpha value is -2.40. The molecule has 100 valence electrons. The highest BCUT2D eigenvalue weighted by atomic mass is 32.1. The summed E-state index contributed by atoms with van der Waals surface area (Å²) in [5, 5.41) is 0. The summed E-state index contributed by atoms with van der Waals surface area (Å²) in [6, 6.07) is 14.5. The van der Waals surface area contributed by atoms with E-state index in [0.29, 0.717) is 16.1 Å². The molecule has 0 spiro atoms. The van der Waals surface area contributed by atoms with Gasteiger partial charge in [-0.3, -0.25) is 9.36 Å². The van der Waals surface area contributed by atoms with E-state index in [1.165, 1.54) is 4.57 Å². The molecule has 1 heterocycles. The minimum Gasteiger partial charge on any atom is -0.497 e. The first kappa shape index (κ1) is 12.6. The van der Waals surface area contributed by atoms with E-state index < -0.39 is 0 Å². The Morgan fingerprint density at radius 2 is 1.85 bits per heavy atom. The molecule has 0 aliphatic heterocycles. The minimum absolute atomic E-state index is 0.157. The van der Waals surface area contributed by atoms with Gasteiger partial charge in [0.1, 0.15) is 5.75 Å². The van der Waals surface area contributed by atoms with Gasteiger partial charge in [0.25, 0.3) is 5.91 Å². The molecule has 0 amide bonds. The highest BCUT2D eigenvalue weighted by Gasteiger charge is 2.13. The van der Waals surface area contributed by atoms with Crippen LogP contribution in [-0.4, -0.2) is 22.6 Å². The maximum Gasteiger partial charge on any atom is 0.264 e. The number of carbonyl (C=O) groups excluding carboxylic acids is 1. The number of hydrogen-bond donors (Lipinski definition) is 1. The average molecular weight is 284 g/mol. The Bertz CT molecular complexity index is 831. The van der Waals surface area contributed by atoms with Gasteiger partial charge in [0, 0.05) is 5.56 Å². The van der Waals surface area contributed by atoms with Crippen LogP contribution in [0.1, 0.15) is 10.4 Å². The normalized spacial score (nSPS) is 10.7. The zero-order valence-corrected chi connectivity index (χ0v) is 11.6. The maximum atomic E-state index is 12.6. The number of hydrogen-bond acceptors (Lipinski definition) is 3. The number of H-pyrrole nitrogens is 1. The van der Waals surface area contributed by atoms with Gasteiger partial charge in [-0.25, -0.2) is 0 Å². The summed E-state index contributed by atoms with van der Waals surface area (Å²) >= 11 is 5.24. The lowest BCUT2D eigenvalue weighted by atomic mass is 10.2. The Balaban J connectivity index is 2.12. The monoisotopic (exact) mass is 284 g/mol. The molecule has 5 heteroatoms. The van der Waals surface area contributed by atoms with E-state index in [2.05, 4.69) is 4.98 Å². The summed E-state index contributed by atoms with van der Waals surface area (Å²) in [6.45, 7) is 0. The van der Waals surface area contributed by atoms with Crippen molar-refractivity contribution in [3.8, 4) is 5.75 Å². The fraction of sp³-hybridized carbons (Fsp3) is 0.0667. The lowest BCUT2D eigenvalue weighted by molar-refractivity contribution is 0.0963. The van der Waals surface area contributed by atoms with E-state index >= 15 is 0 Å². The smallest absolute Gasteiger partial charge is 0.264 e. The summed E-state index contributed by atoms with van der Waals surface area (Å²) in [4.78, 5) is 15.6. The lowest BCUT2D eigenvalue weighted by Crippen LogP contribution is -2.11. The first-order valence-corrected chi connectivity index (χ1v) is 6.50. The fourth-order valence-electron chi connectivity index (χ4n) is 2.12. The SMILES string of the molecule is COc1ccc(C(=O)n2c(=S)[nH]c3ccccc32)cc1. The zero-order valence-electron chi connectivity index (χ0n) is 10.8. The summed E-state index contributed by atoms with van der Waals surface area (Å²) in [6.07, 6.45) is 0. The predicted octanol–water partition coefficient (Wildman–Crippen LogP) is 3.40. The molecule has 1 N–H and O–H groups in total. The number of benzene rings is 2. The quantitative estimate of drug-likeness (QED) is 0.734. The van der Waals surface area contributed by atoms with Gasteiger partial charge in [-0.2, -0.15) is 0 Å². The highest BCUT2D eigenvalue weighted by molar-refractivity contribution is 7.71. The van der Waals surface area contributed by atoms with Crippen molar-refractivity contribution >= 4 is 29.2 Å². The molecule has 1 aromatic heterocycles. The van der Waals surface area contributed by atoms with E-state index in [-0.39, 0.29) is 5.91 Å². The van der Waals surface area contributed by atoms with Gasteiger partial charge in [-0.15, -0.1) is 0 Å². The van der Waals surface area contributed by atoms with Crippen LogP contribution in [0, 0.1) is 4.77 Å². The Morgan fingerprint density at radius 3 is 2.55 bits per heavy atom. The van der Waals surface area contributed by atoms with Gasteiger partial charge in [0.05, 0.1) is 18.1 Å². The van der Waals surface area contributed by atoms with Crippen LogP contribution >= 0.6 is 12.2 Å². The van der Waals surface area contributed by atoms with Crippen LogP contribution in [0.25, 0.3) is 11.0 Å². The minimum atomic E-state index is -0.157. The standard InChI is InChI=1S/C15H12N2O2S/c1-19-11-8-6-10(7-9-11)14(18)17-13-5-3-2-4-12(13)16-15(17)20/h2-9H,1H3,(H,16,20). The number of ether oxygens (including phenoxy) is 1. The Kier molecular flexibility index (Phi) is 3.12. The summed E-state index contributed by atoms with van der Waals surface area (Å²) in [5.41, 5.74) is 2.18. The molecule has 20 heavy (non-hydrogen) atoms. The topological polar surface area (TPSA) is 47.0 Å². The van der Waals surface area contributed by atoms with Crippen molar-refractivity contribution in [2.45, 2.75) is 0 Å². The van der Waals surface area contributed by atoms with Crippen molar-refractivity contribution in [3.05, 3.63) is 58.9 Å². The molecule has 3 rings (SSSR count). The number of rotatable bonds is 2. The number of aromatic amines is 1. The van der Waals surface area contributed by atoms with Crippen molar-refractivity contribution in [3.63, 3.8) is 0 Å². The molecule has 0 saturated carbocycles. The van der Waals surface area contributed by atoms with Crippen LogP contribution < -0.4 is 4.74 Å². The Morgan fingerprint density at radius 1 is 1.15 bits per heavy atom. The molecule has 0 aliphatic carbocycles. The molecular formula is C15H12N2O2S. The van der Waals surface area contributed by atoms with E-state index in [1.54, 1.807) is 31.4 Å². The number of imidazole rings is 1. The molecule has 0 radical (unpaired) electrons. The average Bonchev–Trinajstić information content (AvgIpc) is 2.82. The largest absolute Gasteiger partial charge is 0.497 e. The Labute approximate surface area is 120 Å². The number of aromatic nitrogens is 2. The summed E-state index contributed by atoms with van der Waals surface area (Å²) in [5.74, 6) is 0.555. The van der Waals surface area contributed by atoms with Crippen LogP contribution in [0.4, 0.5) is 0 Å². The van der Waals surface area contributed by atoms with E-state index in [9.17, 15) is 4.79 Å². The summed E-state index contributed by atoms with van der Waals surface area (Å²) in [7, 11) is 1.59. The molecule has 0 atom stereocenters. The predicted molar refractivity (Wildman–Crippen MR) is 79.8 cm³/mol. The zero-order chi connectivity index (χ0) is 14.1. The third-order valence-corrected chi connectivity index (χ3v) is 3.41. The van der Waals surface area contributed by atoms with Crippen LogP contribution in [0.3, 0.4) is 0 Å². The summed E-state index contributed by atoms with van der Waals surface area (Å²) < 4.78 is 6.99. The highest BCUT2D eigenvalue weighted by Crippen LogP contribution is 2.17. The molecule has 0 aliphatic rings. The third-order valence-electron chi connectivity index (χ3n) is 3.13. The van der Waals surface area contributed by atoms with Gasteiger partial charge in [0.2, 0.25) is 0 Å². The molecule has 0 fully saturated rings. The van der Waals surface area contributed by atoms with Crippen molar-refractivity contribution in [1.82, 2.24) is 9.55 Å².